The summed E-state index contributed by atoms with van der Waals surface area (Å²) >= 11 is 0. The first-order valence-corrected chi connectivity index (χ1v) is 16.4. The summed E-state index contributed by atoms with van der Waals surface area (Å²) in [4.78, 5) is 87.2. The fourth-order valence-electron chi connectivity index (χ4n) is 4.81. The number of imide groups is 1. The van der Waals surface area contributed by atoms with Gasteiger partial charge in [0.25, 0.3) is 0 Å². The highest BCUT2D eigenvalue weighted by atomic mass is 16.6. The molecule has 0 aliphatic carbocycles. The zero-order valence-corrected chi connectivity index (χ0v) is 29.0. The molecule has 51 heavy (non-hydrogen) atoms. The van der Waals surface area contributed by atoms with Gasteiger partial charge in [0, 0.05) is 23.7 Å². The topological polar surface area (TPSA) is 240 Å². The maximum Gasteiger partial charge on any atom is 0.417 e. The molecule has 1 fully saturated rings. The van der Waals surface area contributed by atoms with Crippen molar-refractivity contribution in [3.63, 3.8) is 0 Å². The van der Waals surface area contributed by atoms with Gasteiger partial charge in [-0.25, -0.2) is 14.5 Å². The second kappa shape index (κ2) is 18.9. The van der Waals surface area contributed by atoms with Crippen LogP contribution in [0.2, 0.25) is 0 Å². The van der Waals surface area contributed by atoms with Crippen LogP contribution in [0.4, 0.5) is 27.5 Å². The molecule has 6 amide bonds. The second-order valence-electron chi connectivity index (χ2n) is 12.4. The summed E-state index contributed by atoms with van der Waals surface area (Å²) in [6.45, 7) is 5.81. The van der Waals surface area contributed by atoms with E-state index in [0.29, 0.717) is 22.7 Å². The van der Waals surface area contributed by atoms with E-state index < -0.39 is 53.3 Å². The highest BCUT2D eigenvalue weighted by molar-refractivity contribution is 6.01. The van der Waals surface area contributed by atoms with Crippen molar-refractivity contribution in [2.75, 3.05) is 36.9 Å². The molecule has 17 nitrogen and oxygen atoms in total. The van der Waals surface area contributed by atoms with Crippen molar-refractivity contribution < 1.29 is 43.0 Å². The van der Waals surface area contributed by atoms with E-state index in [-0.39, 0.29) is 57.8 Å². The van der Waals surface area contributed by atoms with Crippen LogP contribution in [0.3, 0.4) is 0 Å². The van der Waals surface area contributed by atoms with Crippen LogP contribution in [0.25, 0.3) is 0 Å². The molecule has 6 N–H and O–H groups in total. The smallest absolute Gasteiger partial charge is 0.417 e. The Morgan fingerprint density at radius 1 is 0.824 bits per heavy atom. The van der Waals surface area contributed by atoms with Crippen molar-refractivity contribution in [3.05, 3.63) is 48.5 Å². The van der Waals surface area contributed by atoms with Crippen LogP contribution in [-0.4, -0.2) is 84.4 Å². The molecular weight excluding hydrogens is 664 g/mol. The maximum atomic E-state index is 13.0. The first-order valence-electron chi connectivity index (χ1n) is 16.4. The van der Waals surface area contributed by atoms with Gasteiger partial charge in [-0.05, 0) is 95.5 Å². The second-order valence-corrected chi connectivity index (χ2v) is 12.4. The summed E-state index contributed by atoms with van der Waals surface area (Å²) in [7, 11) is 0. The van der Waals surface area contributed by atoms with E-state index in [9.17, 15) is 33.6 Å². The Morgan fingerprint density at radius 3 is 1.88 bits per heavy atom. The standard InChI is InChI=1S/C34H44N8O9/c1-5-50-32(48)26-17-21(31(47)42(26)33(49)51-34(2,3)4)7-6-8-27(43)36-19-29(45)37-20-30(46)39-23-11-15-25(16-12-23)41-40-24-13-9-22(10-14-24)38-28(44)18-35/h9-16,21,26H,5-8,17-20,35H2,1-4H3,(H,36,43)(H,37,45)(H,38,44)(H,39,46)/b41-40+/t21-,26?/m1/s1. The fraction of sp³-hybridized carbons (Fsp3) is 0.441. The summed E-state index contributed by atoms with van der Waals surface area (Å²) < 4.78 is 10.4. The normalized spacial score (nSPS) is 15.6. The lowest BCUT2D eigenvalue weighted by molar-refractivity contribution is -0.151. The predicted molar refractivity (Wildman–Crippen MR) is 185 cm³/mol. The van der Waals surface area contributed by atoms with Crippen molar-refractivity contribution in [3.8, 4) is 0 Å². The molecule has 3 rings (SSSR count). The molecule has 17 heteroatoms. The number of carbonyl (C=O) groups excluding carboxylic acids is 7. The average Bonchev–Trinajstić information content (AvgIpc) is 3.42. The first-order chi connectivity index (χ1) is 24.2. The molecule has 0 spiro atoms. The lowest BCUT2D eigenvalue weighted by atomic mass is 9.98. The van der Waals surface area contributed by atoms with Gasteiger partial charge in [0.2, 0.25) is 29.5 Å². The van der Waals surface area contributed by atoms with Gasteiger partial charge >= 0.3 is 12.1 Å². The Balaban J connectivity index is 1.36. The molecular formula is C34H44N8O9. The van der Waals surface area contributed by atoms with E-state index in [1.54, 1.807) is 76.2 Å². The van der Waals surface area contributed by atoms with Crippen LogP contribution < -0.4 is 27.0 Å². The van der Waals surface area contributed by atoms with Crippen LogP contribution in [0.1, 0.15) is 53.4 Å². The number of nitrogens with two attached hydrogens (primary N) is 1. The maximum absolute atomic E-state index is 13.0. The third kappa shape index (κ3) is 13.3. The molecule has 0 radical (unpaired) electrons. The zero-order chi connectivity index (χ0) is 37.6. The van der Waals surface area contributed by atoms with Gasteiger partial charge in [-0.15, -0.1) is 0 Å². The minimum absolute atomic E-state index is 0.00915. The number of azo groups is 1. The SMILES string of the molecule is CCOC(=O)C1C[C@@H](CCCC(=O)NCC(=O)NCC(=O)Nc2ccc(/N=N/c3ccc(NC(=O)CN)cc3)cc2)C(=O)N1C(=O)OC(C)(C)C. The highest BCUT2D eigenvalue weighted by Gasteiger charge is 2.48. The molecule has 274 valence electrons. The molecule has 1 aliphatic heterocycles. The number of nitrogens with one attached hydrogen (secondary N) is 4. The van der Waals surface area contributed by atoms with Crippen molar-refractivity contribution in [1.82, 2.24) is 15.5 Å². The fourth-order valence-corrected chi connectivity index (χ4v) is 4.81. The van der Waals surface area contributed by atoms with E-state index in [1.165, 1.54) is 0 Å². The van der Waals surface area contributed by atoms with Crippen molar-refractivity contribution in [2.45, 2.75) is 65.0 Å². The first kappa shape index (κ1) is 39.7. The number of nitrogens with zero attached hydrogens (tertiary/aromatic N) is 3. The number of carbonyl (C=O) groups is 7. The minimum Gasteiger partial charge on any atom is -0.464 e. The van der Waals surface area contributed by atoms with Gasteiger partial charge in [-0.2, -0.15) is 10.2 Å². The summed E-state index contributed by atoms with van der Waals surface area (Å²) in [6, 6.07) is 12.1. The van der Waals surface area contributed by atoms with Gasteiger partial charge in [-0.3, -0.25) is 24.0 Å². The quantitative estimate of drug-likeness (QED) is 0.134. The van der Waals surface area contributed by atoms with Gasteiger partial charge in [0.15, 0.2) is 0 Å². The molecule has 1 unspecified atom stereocenters. The highest BCUT2D eigenvalue weighted by Crippen LogP contribution is 2.31. The Bertz CT molecular complexity index is 1600. The van der Waals surface area contributed by atoms with Gasteiger partial charge in [-0.1, -0.05) is 0 Å². The number of amides is 6. The van der Waals surface area contributed by atoms with Gasteiger partial charge < -0.3 is 36.5 Å². The summed E-state index contributed by atoms with van der Waals surface area (Å²) in [5, 5.41) is 18.4. The Labute approximate surface area is 295 Å². The summed E-state index contributed by atoms with van der Waals surface area (Å²) in [5.41, 5.74) is 6.53. The number of hydrogen-bond donors (Lipinski definition) is 5. The largest absolute Gasteiger partial charge is 0.464 e. The van der Waals surface area contributed by atoms with Crippen molar-refractivity contribution in [2.24, 2.45) is 21.9 Å². The number of esters is 1. The molecule has 2 aromatic carbocycles. The predicted octanol–water partition coefficient (Wildman–Crippen LogP) is 3.06. The van der Waals surface area contributed by atoms with Gasteiger partial charge in [0.1, 0.15) is 11.6 Å². The monoisotopic (exact) mass is 708 g/mol. The van der Waals surface area contributed by atoms with Crippen molar-refractivity contribution >= 4 is 64.3 Å². The molecule has 1 aliphatic rings. The molecule has 0 saturated carbocycles. The van der Waals surface area contributed by atoms with E-state index >= 15 is 0 Å². The Morgan fingerprint density at radius 2 is 1.35 bits per heavy atom. The van der Waals surface area contributed by atoms with Crippen LogP contribution in [0.15, 0.2) is 58.8 Å². The van der Waals surface area contributed by atoms with Crippen LogP contribution in [0.5, 0.6) is 0 Å². The van der Waals surface area contributed by atoms with Gasteiger partial charge in [0.05, 0.1) is 37.6 Å². The molecule has 2 aromatic rings. The summed E-state index contributed by atoms with van der Waals surface area (Å²) in [6.07, 6.45) is -0.408. The molecule has 2 atom stereocenters. The molecule has 1 heterocycles. The molecule has 0 aromatic heterocycles. The number of benzene rings is 2. The van der Waals surface area contributed by atoms with E-state index in [0.717, 1.165) is 4.90 Å². The van der Waals surface area contributed by atoms with E-state index in [1.807, 2.05) is 0 Å². The third-order valence-corrected chi connectivity index (χ3v) is 7.17. The van der Waals surface area contributed by atoms with E-state index in [2.05, 4.69) is 31.5 Å². The molecule has 1 saturated heterocycles. The van der Waals surface area contributed by atoms with Crippen LogP contribution in [0, 0.1) is 5.92 Å². The number of likely N-dealkylation sites (tertiary alicyclic amines) is 1. The number of rotatable bonds is 15. The third-order valence-electron chi connectivity index (χ3n) is 7.17. The van der Waals surface area contributed by atoms with Crippen LogP contribution >= 0.6 is 0 Å². The zero-order valence-electron chi connectivity index (χ0n) is 29.0. The van der Waals surface area contributed by atoms with E-state index in [4.69, 9.17) is 15.2 Å². The number of ether oxygens (including phenoxy) is 2. The number of anilines is 2. The number of hydrogen-bond acceptors (Lipinski definition) is 12. The van der Waals surface area contributed by atoms with Crippen LogP contribution in [-0.2, 0) is 38.2 Å². The summed E-state index contributed by atoms with van der Waals surface area (Å²) in [5.74, 6) is -3.80. The Kier molecular flexibility index (Phi) is 14.7. The Hall–Kier alpha value is -5.71. The average molecular weight is 709 g/mol. The minimum atomic E-state index is -1.11. The van der Waals surface area contributed by atoms with Crippen molar-refractivity contribution in [1.29, 1.82) is 0 Å². The lowest BCUT2D eigenvalue weighted by Crippen LogP contribution is -2.46. The molecule has 0 bridgehead atoms. The lowest BCUT2D eigenvalue weighted by Gasteiger charge is -2.26.